The van der Waals surface area contributed by atoms with Gasteiger partial charge in [0.05, 0.1) is 18.4 Å². The number of anilines is 1. The lowest BCUT2D eigenvalue weighted by atomic mass is 10.2. The first-order valence-corrected chi connectivity index (χ1v) is 11.2. The summed E-state index contributed by atoms with van der Waals surface area (Å²) in [6.07, 6.45) is 6.77. The van der Waals surface area contributed by atoms with Crippen molar-refractivity contribution in [2.45, 2.75) is 13.5 Å². The second-order valence-corrected chi connectivity index (χ2v) is 8.47. The van der Waals surface area contributed by atoms with Crippen LogP contribution in [-0.2, 0) is 11.3 Å². The molecule has 33 heavy (non-hydrogen) atoms. The molecule has 7 nitrogen and oxygen atoms in total. The molecule has 5 rings (SSSR count). The van der Waals surface area contributed by atoms with Crippen molar-refractivity contribution in [3.05, 3.63) is 77.6 Å². The molecule has 2 aromatic heterocycles. The standard InChI is InChI=1S/C25H21N3O4S/c1-16-5-8-20(30-2)23-24(16)33-25(27-23)28(14-18-4-3-11-26-13-18)22(29)10-7-17-6-9-19-21(12-17)32-15-31-19/h3-13H,14-15H2,1-2H3/b10-7+. The molecule has 0 saturated heterocycles. The maximum Gasteiger partial charge on any atom is 0.253 e. The molecular formula is C25H21N3O4S. The molecule has 0 spiro atoms. The van der Waals surface area contributed by atoms with Crippen LogP contribution in [0.1, 0.15) is 16.7 Å². The average Bonchev–Trinajstić information content (AvgIpc) is 3.49. The molecule has 2 aromatic carbocycles. The number of hydrogen-bond donors (Lipinski definition) is 0. The van der Waals surface area contributed by atoms with Crippen molar-refractivity contribution >= 4 is 38.7 Å². The van der Waals surface area contributed by atoms with Gasteiger partial charge in [0.1, 0.15) is 11.3 Å². The number of pyridine rings is 1. The fourth-order valence-electron chi connectivity index (χ4n) is 3.57. The number of methoxy groups -OCH3 is 1. The fraction of sp³-hybridized carbons (Fsp3) is 0.160. The van der Waals surface area contributed by atoms with Crippen LogP contribution in [0, 0.1) is 6.92 Å². The third kappa shape index (κ3) is 4.25. The van der Waals surface area contributed by atoms with E-state index in [-0.39, 0.29) is 12.7 Å². The zero-order valence-electron chi connectivity index (χ0n) is 18.1. The molecule has 0 atom stereocenters. The van der Waals surface area contributed by atoms with Gasteiger partial charge in [0, 0.05) is 18.5 Å². The van der Waals surface area contributed by atoms with Crippen molar-refractivity contribution < 1.29 is 19.0 Å². The Kier molecular flexibility index (Phi) is 5.66. The van der Waals surface area contributed by atoms with Crippen molar-refractivity contribution in [1.82, 2.24) is 9.97 Å². The van der Waals surface area contributed by atoms with Crippen molar-refractivity contribution in [2.24, 2.45) is 0 Å². The van der Waals surface area contributed by atoms with Crippen molar-refractivity contribution in [3.8, 4) is 17.2 Å². The number of carbonyl (C=O) groups excluding carboxylic acids is 1. The highest BCUT2D eigenvalue weighted by molar-refractivity contribution is 7.22. The molecule has 8 heteroatoms. The molecule has 4 aromatic rings. The molecule has 1 amide bonds. The molecule has 0 N–H and O–H groups in total. The van der Waals surface area contributed by atoms with Crippen LogP contribution in [0.3, 0.4) is 0 Å². The van der Waals surface area contributed by atoms with Crippen LogP contribution in [0.15, 0.2) is 60.9 Å². The van der Waals surface area contributed by atoms with Crippen LogP contribution >= 0.6 is 11.3 Å². The van der Waals surface area contributed by atoms with Gasteiger partial charge in [-0.15, -0.1) is 0 Å². The van der Waals surface area contributed by atoms with Gasteiger partial charge >= 0.3 is 0 Å². The van der Waals surface area contributed by atoms with Gasteiger partial charge in [0.25, 0.3) is 5.91 Å². The summed E-state index contributed by atoms with van der Waals surface area (Å²) in [5, 5.41) is 0.599. The number of carbonyl (C=O) groups is 1. The second kappa shape index (κ2) is 8.91. The predicted octanol–water partition coefficient (Wildman–Crippen LogP) is 4.98. The zero-order valence-corrected chi connectivity index (χ0v) is 19.0. The Morgan fingerprint density at radius 1 is 1.21 bits per heavy atom. The third-order valence-electron chi connectivity index (χ3n) is 5.29. The van der Waals surface area contributed by atoms with Gasteiger partial charge in [-0.05, 0) is 54.0 Å². The van der Waals surface area contributed by atoms with Gasteiger partial charge < -0.3 is 14.2 Å². The summed E-state index contributed by atoms with van der Waals surface area (Å²) in [6.45, 7) is 2.58. The number of aryl methyl sites for hydroxylation is 1. The van der Waals surface area contributed by atoms with Crippen LogP contribution in [-0.4, -0.2) is 29.8 Å². The third-order valence-corrected chi connectivity index (χ3v) is 6.50. The smallest absolute Gasteiger partial charge is 0.253 e. The summed E-state index contributed by atoms with van der Waals surface area (Å²) >= 11 is 1.47. The molecule has 0 saturated carbocycles. The molecular weight excluding hydrogens is 438 g/mol. The van der Waals surface area contributed by atoms with E-state index in [1.807, 2.05) is 49.4 Å². The first kappa shape index (κ1) is 21.0. The molecule has 1 aliphatic rings. The summed E-state index contributed by atoms with van der Waals surface area (Å²) in [5.74, 6) is 1.87. The van der Waals surface area contributed by atoms with Gasteiger partial charge in [-0.1, -0.05) is 29.5 Å². The van der Waals surface area contributed by atoms with E-state index in [4.69, 9.17) is 19.2 Å². The first-order chi connectivity index (χ1) is 16.1. The number of thiazole rings is 1. The van der Waals surface area contributed by atoms with Crippen molar-refractivity contribution in [2.75, 3.05) is 18.8 Å². The lowest BCUT2D eigenvalue weighted by Gasteiger charge is -2.18. The molecule has 3 heterocycles. The quantitative estimate of drug-likeness (QED) is 0.379. The predicted molar refractivity (Wildman–Crippen MR) is 128 cm³/mol. The molecule has 1 aliphatic heterocycles. The molecule has 0 aliphatic carbocycles. The van der Waals surface area contributed by atoms with E-state index in [0.29, 0.717) is 28.9 Å². The number of aromatic nitrogens is 2. The van der Waals surface area contributed by atoms with Crippen LogP contribution in [0.5, 0.6) is 17.2 Å². The highest BCUT2D eigenvalue weighted by Gasteiger charge is 2.21. The maximum atomic E-state index is 13.4. The number of benzene rings is 2. The van der Waals surface area contributed by atoms with Crippen LogP contribution in [0.4, 0.5) is 5.13 Å². The molecule has 166 valence electrons. The van der Waals surface area contributed by atoms with E-state index in [9.17, 15) is 4.79 Å². The number of rotatable bonds is 6. The van der Waals surface area contributed by atoms with E-state index in [1.54, 1.807) is 36.6 Å². The minimum Gasteiger partial charge on any atom is -0.494 e. The van der Waals surface area contributed by atoms with Crippen LogP contribution < -0.4 is 19.1 Å². The van der Waals surface area contributed by atoms with Crippen molar-refractivity contribution in [1.29, 1.82) is 0 Å². The maximum absolute atomic E-state index is 13.4. The van der Waals surface area contributed by atoms with Gasteiger partial charge in [-0.2, -0.15) is 0 Å². The number of nitrogens with zero attached hydrogens (tertiary/aromatic N) is 3. The molecule has 0 fully saturated rings. The van der Waals surface area contributed by atoms with Crippen LogP contribution in [0.25, 0.3) is 16.3 Å². The Morgan fingerprint density at radius 3 is 2.91 bits per heavy atom. The largest absolute Gasteiger partial charge is 0.494 e. The summed E-state index contributed by atoms with van der Waals surface area (Å²) in [7, 11) is 1.62. The molecule has 0 radical (unpaired) electrons. The van der Waals surface area contributed by atoms with E-state index >= 15 is 0 Å². The minimum atomic E-state index is -0.188. The Bertz CT molecular complexity index is 1350. The van der Waals surface area contributed by atoms with E-state index in [0.717, 1.165) is 26.9 Å². The van der Waals surface area contributed by atoms with E-state index in [1.165, 1.54) is 11.3 Å². The Hall–Kier alpha value is -3.91. The van der Waals surface area contributed by atoms with E-state index in [2.05, 4.69) is 4.98 Å². The normalized spacial score (nSPS) is 12.4. The lowest BCUT2D eigenvalue weighted by Crippen LogP contribution is -2.28. The summed E-state index contributed by atoms with van der Waals surface area (Å²) in [6, 6.07) is 13.3. The monoisotopic (exact) mass is 459 g/mol. The second-order valence-electron chi connectivity index (χ2n) is 7.49. The number of ether oxygens (including phenoxy) is 3. The van der Waals surface area contributed by atoms with Crippen LogP contribution in [0.2, 0.25) is 0 Å². The van der Waals surface area contributed by atoms with Gasteiger partial charge in [0.2, 0.25) is 6.79 Å². The van der Waals surface area contributed by atoms with Gasteiger partial charge in [-0.25, -0.2) is 4.98 Å². The number of fused-ring (bicyclic) bond motifs is 2. The van der Waals surface area contributed by atoms with Crippen molar-refractivity contribution in [3.63, 3.8) is 0 Å². The highest BCUT2D eigenvalue weighted by atomic mass is 32.1. The Labute approximate surface area is 194 Å². The fourth-order valence-corrected chi connectivity index (χ4v) is 4.62. The first-order valence-electron chi connectivity index (χ1n) is 10.3. The zero-order chi connectivity index (χ0) is 22.8. The summed E-state index contributed by atoms with van der Waals surface area (Å²) < 4.78 is 17.3. The average molecular weight is 460 g/mol. The minimum absolute atomic E-state index is 0.188. The summed E-state index contributed by atoms with van der Waals surface area (Å²) in [4.78, 5) is 24.0. The van der Waals surface area contributed by atoms with Gasteiger partial charge in [0.15, 0.2) is 16.6 Å². The summed E-state index contributed by atoms with van der Waals surface area (Å²) in [5.41, 5.74) is 3.58. The van der Waals surface area contributed by atoms with E-state index < -0.39 is 0 Å². The highest BCUT2D eigenvalue weighted by Crippen LogP contribution is 2.37. The molecule has 0 bridgehead atoms. The SMILES string of the molecule is COc1ccc(C)c2sc(N(Cc3cccnc3)C(=O)/C=C/c3ccc4c(c3)OCO4)nc12. The topological polar surface area (TPSA) is 73.8 Å². The number of hydrogen-bond acceptors (Lipinski definition) is 7. The lowest BCUT2D eigenvalue weighted by molar-refractivity contribution is -0.114. The Balaban J connectivity index is 1.50. The van der Waals surface area contributed by atoms with Gasteiger partial charge in [-0.3, -0.25) is 14.7 Å². The number of amides is 1. The molecule has 0 unspecified atom stereocenters. The Morgan fingerprint density at radius 2 is 2.09 bits per heavy atom.